The Labute approximate surface area is 116 Å². The molecule has 0 aromatic rings. The number of carbonyl (C=O) groups is 1. The lowest BCUT2D eigenvalue weighted by molar-refractivity contribution is -0.178. The largest absolute Gasteiger partial charge is 0.368 e. The maximum absolute atomic E-state index is 11.9. The lowest BCUT2D eigenvalue weighted by Crippen LogP contribution is -2.37. The third kappa shape index (κ3) is 7.51. The number of hydrogen-bond acceptors (Lipinski definition) is 3. The van der Waals surface area contributed by atoms with Gasteiger partial charge in [0.25, 0.3) is 5.91 Å². The number of nitrogens with zero attached hydrogens (tertiary/aromatic N) is 1. The van der Waals surface area contributed by atoms with E-state index in [-0.39, 0.29) is 5.91 Å². The van der Waals surface area contributed by atoms with E-state index in [1.807, 2.05) is 13.8 Å². The number of rotatable bonds is 6. The number of carbonyl (C=O) groups excluding carboxylic acids is 1. The number of hydrogen-bond donors (Lipinski definition) is 0. The molecule has 0 rings (SSSR count). The molecule has 0 fully saturated rings. The summed E-state index contributed by atoms with van der Waals surface area (Å²) in [7, 11) is 3.06. The van der Waals surface area contributed by atoms with Crippen LogP contribution >= 0.6 is 0 Å². The molecule has 0 unspecified atom stereocenters. The van der Waals surface area contributed by atoms with E-state index in [0.717, 1.165) is 6.42 Å². The molecule has 4 heteroatoms. The highest BCUT2D eigenvalue weighted by molar-refractivity contribution is 5.81. The highest BCUT2D eigenvalue weighted by atomic mass is 16.7. The summed E-state index contributed by atoms with van der Waals surface area (Å²) in [6, 6.07) is 0. The molecule has 0 heterocycles. The van der Waals surface area contributed by atoms with E-state index in [1.165, 1.54) is 12.2 Å². The monoisotopic (exact) mass is 265 g/mol. The van der Waals surface area contributed by atoms with Gasteiger partial charge in [-0.2, -0.15) is 0 Å². The number of hydroxylamine groups is 2. The Bertz CT molecular complexity index is 393. The summed E-state index contributed by atoms with van der Waals surface area (Å²) in [5.74, 6) is 11.5. The van der Waals surface area contributed by atoms with Crippen LogP contribution in [0.1, 0.15) is 33.6 Å². The lowest BCUT2D eigenvalue weighted by atomic mass is 9.88. The Balaban J connectivity index is 4.03. The topological polar surface area (TPSA) is 38.8 Å². The smallest absolute Gasteiger partial charge is 0.252 e. The molecule has 19 heavy (non-hydrogen) atoms. The fraction of sp³-hybridized carbons (Fsp3) is 0.667. The molecule has 0 bridgehead atoms. The van der Waals surface area contributed by atoms with Crippen molar-refractivity contribution >= 4 is 5.91 Å². The van der Waals surface area contributed by atoms with E-state index in [4.69, 9.17) is 9.57 Å². The van der Waals surface area contributed by atoms with Crippen LogP contribution in [0.5, 0.6) is 0 Å². The van der Waals surface area contributed by atoms with Gasteiger partial charge in [-0.3, -0.25) is 9.63 Å². The Morgan fingerprint density at radius 1 is 1.26 bits per heavy atom. The summed E-state index contributed by atoms with van der Waals surface area (Å²) in [6.07, 6.45) is 1.19. The van der Waals surface area contributed by atoms with E-state index < -0.39 is 5.41 Å². The molecular formula is C15H23NO3. The van der Waals surface area contributed by atoms with Crippen LogP contribution in [0.2, 0.25) is 0 Å². The minimum Gasteiger partial charge on any atom is -0.368 e. The average molecular weight is 265 g/mol. The molecule has 0 radical (unpaired) electrons. The minimum absolute atomic E-state index is 0.0940. The fourth-order valence-electron chi connectivity index (χ4n) is 1.29. The molecule has 0 spiro atoms. The third-order valence-corrected chi connectivity index (χ3v) is 2.52. The van der Waals surface area contributed by atoms with Crippen LogP contribution < -0.4 is 0 Å². The van der Waals surface area contributed by atoms with Crippen molar-refractivity contribution in [3.05, 3.63) is 0 Å². The molecule has 4 nitrogen and oxygen atoms in total. The predicted molar refractivity (Wildman–Crippen MR) is 74.8 cm³/mol. The molecule has 0 atom stereocenters. The first-order chi connectivity index (χ1) is 8.95. The van der Waals surface area contributed by atoms with E-state index in [2.05, 4.69) is 23.7 Å². The van der Waals surface area contributed by atoms with Crippen molar-refractivity contribution in [2.75, 3.05) is 27.4 Å². The molecule has 0 aliphatic heterocycles. The number of ether oxygens (including phenoxy) is 1. The average Bonchev–Trinajstić information content (AvgIpc) is 2.39. The lowest BCUT2D eigenvalue weighted by Gasteiger charge is -2.25. The van der Waals surface area contributed by atoms with Gasteiger partial charge in [0.1, 0.15) is 6.61 Å². The fourth-order valence-corrected chi connectivity index (χ4v) is 1.29. The summed E-state index contributed by atoms with van der Waals surface area (Å²) < 4.78 is 5.28. The van der Waals surface area contributed by atoms with Crippen molar-refractivity contribution in [2.24, 2.45) is 5.41 Å². The van der Waals surface area contributed by atoms with Gasteiger partial charge in [0, 0.05) is 19.9 Å². The molecule has 0 aromatic heterocycles. The Morgan fingerprint density at radius 2 is 1.95 bits per heavy atom. The van der Waals surface area contributed by atoms with Gasteiger partial charge in [0.2, 0.25) is 0 Å². The maximum Gasteiger partial charge on any atom is 0.252 e. The quantitative estimate of drug-likeness (QED) is 0.418. The summed E-state index contributed by atoms with van der Waals surface area (Å²) in [5, 5.41) is 1.22. The molecule has 0 aliphatic rings. The minimum atomic E-state index is -0.564. The van der Waals surface area contributed by atoms with Crippen LogP contribution in [-0.2, 0) is 14.4 Å². The van der Waals surface area contributed by atoms with Gasteiger partial charge in [-0.1, -0.05) is 25.7 Å². The Hall–Kier alpha value is -1.49. The van der Waals surface area contributed by atoms with Crippen LogP contribution in [-0.4, -0.2) is 38.3 Å². The highest BCUT2D eigenvalue weighted by Crippen LogP contribution is 2.22. The first-order valence-corrected chi connectivity index (χ1v) is 6.21. The highest BCUT2D eigenvalue weighted by Gasteiger charge is 2.29. The summed E-state index contributed by atoms with van der Waals surface area (Å²) >= 11 is 0. The van der Waals surface area contributed by atoms with Crippen molar-refractivity contribution in [1.82, 2.24) is 5.06 Å². The first-order valence-electron chi connectivity index (χ1n) is 6.21. The molecule has 0 aromatic carbocycles. The van der Waals surface area contributed by atoms with Crippen molar-refractivity contribution in [3.63, 3.8) is 0 Å². The second-order valence-corrected chi connectivity index (χ2v) is 4.63. The van der Waals surface area contributed by atoms with Crippen molar-refractivity contribution in [3.8, 4) is 23.7 Å². The Morgan fingerprint density at radius 3 is 2.53 bits per heavy atom. The van der Waals surface area contributed by atoms with E-state index in [9.17, 15) is 4.79 Å². The molecule has 0 saturated carbocycles. The molecule has 106 valence electrons. The van der Waals surface area contributed by atoms with Gasteiger partial charge in [0.05, 0.1) is 19.1 Å². The zero-order chi connectivity index (χ0) is 14.7. The maximum atomic E-state index is 11.9. The zero-order valence-electron chi connectivity index (χ0n) is 12.5. The normalized spacial score (nSPS) is 9.95. The molecule has 0 aliphatic carbocycles. The summed E-state index contributed by atoms with van der Waals surface area (Å²) in [4.78, 5) is 16.8. The van der Waals surface area contributed by atoms with Gasteiger partial charge < -0.3 is 4.74 Å². The van der Waals surface area contributed by atoms with Crippen LogP contribution in [0.25, 0.3) is 0 Å². The third-order valence-electron chi connectivity index (χ3n) is 2.52. The van der Waals surface area contributed by atoms with Crippen molar-refractivity contribution in [1.29, 1.82) is 0 Å². The molecule has 1 amide bonds. The van der Waals surface area contributed by atoms with Gasteiger partial charge in [-0.05, 0) is 6.92 Å². The van der Waals surface area contributed by atoms with E-state index in [1.54, 1.807) is 14.0 Å². The molecular weight excluding hydrogens is 242 g/mol. The second-order valence-electron chi connectivity index (χ2n) is 4.63. The summed E-state index contributed by atoms with van der Waals surface area (Å²) in [5.41, 5.74) is -0.564. The van der Waals surface area contributed by atoms with Gasteiger partial charge in [-0.15, -0.1) is 11.8 Å². The van der Waals surface area contributed by atoms with E-state index >= 15 is 0 Å². The summed E-state index contributed by atoms with van der Waals surface area (Å²) in [6.45, 7) is 6.45. The van der Waals surface area contributed by atoms with Crippen molar-refractivity contribution < 1.29 is 14.4 Å². The van der Waals surface area contributed by atoms with E-state index in [0.29, 0.717) is 19.6 Å². The van der Waals surface area contributed by atoms with Gasteiger partial charge >= 0.3 is 0 Å². The second kappa shape index (κ2) is 9.44. The van der Waals surface area contributed by atoms with Crippen LogP contribution in [0, 0.1) is 29.1 Å². The number of amides is 1. The zero-order valence-corrected chi connectivity index (χ0v) is 12.5. The molecule has 0 saturated heterocycles. The van der Waals surface area contributed by atoms with Gasteiger partial charge in [-0.25, -0.2) is 5.06 Å². The molecule has 0 N–H and O–H groups in total. The standard InChI is InChI=1S/C15H23NO3/c1-6-7-9-12-19-13-10-8-11-15(2,3)14(17)16(4)18-5/h9,11-13H2,1-5H3. The van der Waals surface area contributed by atoms with Crippen molar-refractivity contribution in [2.45, 2.75) is 33.6 Å². The van der Waals surface area contributed by atoms with Crippen LogP contribution in [0.15, 0.2) is 0 Å². The first kappa shape index (κ1) is 17.5. The van der Waals surface area contributed by atoms with Crippen LogP contribution in [0.3, 0.4) is 0 Å². The Kier molecular flexibility index (Phi) is 8.70. The predicted octanol–water partition coefficient (Wildman–Crippen LogP) is 1.86. The van der Waals surface area contributed by atoms with Crippen LogP contribution in [0.4, 0.5) is 0 Å². The SMILES string of the molecule is CC#CCCOCC#CCC(C)(C)C(=O)N(C)OC. The van der Waals surface area contributed by atoms with Gasteiger partial charge in [0.15, 0.2) is 0 Å².